The third-order valence-corrected chi connectivity index (χ3v) is 7.56. The van der Waals surface area contributed by atoms with Crippen LogP contribution in [-0.4, -0.2) is 27.7 Å². The van der Waals surface area contributed by atoms with E-state index >= 15 is 0 Å². The summed E-state index contributed by atoms with van der Waals surface area (Å²) in [5.74, 6) is 0.756. The second-order valence-corrected chi connectivity index (χ2v) is 10.3. The lowest BCUT2D eigenvalue weighted by Gasteiger charge is -2.42. The topological polar surface area (TPSA) is 42.7 Å². The van der Waals surface area contributed by atoms with Gasteiger partial charge in [0.05, 0.1) is 16.9 Å². The van der Waals surface area contributed by atoms with Crippen molar-refractivity contribution in [1.82, 2.24) is 14.6 Å². The molecule has 0 N–H and O–H groups in total. The number of nitrogens with zero attached hydrogens (tertiary/aromatic N) is 4. The van der Waals surface area contributed by atoms with Gasteiger partial charge in [0.2, 0.25) is 0 Å². The molecule has 2 fully saturated rings. The van der Waals surface area contributed by atoms with Gasteiger partial charge in [0.25, 0.3) is 0 Å². The van der Waals surface area contributed by atoms with Gasteiger partial charge in [0, 0.05) is 25.7 Å². The zero-order chi connectivity index (χ0) is 23.9. The van der Waals surface area contributed by atoms with E-state index in [0.29, 0.717) is 44.1 Å². The average Bonchev–Trinajstić information content (AvgIpc) is 3.46. The van der Waals surface area contributed by atoms with Crippen molar-refractivity contribution < 1.29 is 22.3 Å². The maximum atomic E-state index is 14.3. The summed E-state index contributed by atoms with van der Waals surface area (Å²) in [6.45, 7) is 4.59. The number of benzene rings is 1. The zero-order valence-electron chi connectivity index (χ0n) is 19.1. The van der Waals surface area contributed by atoms with Gasteiger partial charge in [-0.15, -0.1) is 10.2 Å². The maximum Gasteiger partial charge on any atom is 0.422 e. The van der Waals surface area contributed by atoms with Crippen molar-refractivity contribution in [3.63, 3.8) is 0 Å². The van der Waals surface area contributed by atoms with Crippen molar-refractivity contribution in [2.45, 2.75) is 63.3 Å². The summed E-state index contributed by atoms with van der Waals surface area (Å²) in [5.41, 5.74) is -0.294. The molecule has 0 atom stereocenters. The number of halogens is 4. The molecule has 1 saturated carbocycles. The van der Waals surface area contributed by atoms with Crippen LogP contribution in [0.15, 0.2) is 30.5 Å². The van der Waals surface area contributed by atoms with Gasteiger partial charge in [0.1, 0.15) is 17.2 Å². The number of anilines is 1. The molecule has 2 aromatic heterocycles. The van der Waals surface area contributed by atoms with Crippen LogP contribution in [0, 0.1) is 11.7 Å². The van der Waals surface area contributed by atoms with Gasteiger partial charge in [0.15, 0.2) is 5.65 Å². The van der Waals surface area contributed by atoms with E-state index in [1.807, 2.05) is 13.8 Å². The standard InChI is InChI=1S/C25H26F4N4O/c1-23(2)18-14-16(26)5-6-17(18)24(34-23)8-11-32(12-9-24)19-7-10-33-20(13-15-3-4-15)30-31-22(33)21(19)25(27,28)29/h5-7,10,14-15H,3-4,8-9,11-13H2,1-2H3. The Hall–Kier alpha value is -2.68. The summed E-state index contributed by atoms with van der Waals surface area (Å²) < 4.78 is 64.7. The van der Waals surface area contributed by atoms with Crippen LogP contribution < -0.4 is 4.90 Å². The van der Waals surface area contributed by atoms with Gasteiger partial charge in [-0.05, 0) is 74.8 Å². The molecular formula is C25H26F4N4O. The molecule has 1 saturated heterocycles. The molecule has 34 heavy (non-hydrogen) atoms. The molecule has 0 amide bonds. The van der Waals surface area contributed by atoms with Crippen molar-refractivity contribution in [2.24, 2.45) is 5.92 Å². The number of piperidine rings is 1. The first-order valence-corrected chi connectivity index (χ1v) is 11.8. The van der Waals surface area contributed by atoms with E-state index in [2.05, 4.69) is 10.2 Å². The lowest BCUT2D eigenvalue weighted by Crippen LogP contribution is -2.44. The van der Waals surface area contributed by atoms with Crippen molar-refractivity contribution >= 4 is 11.3 Å². The van der Waals surface area contributed by atoms with Gasteiger partial charge < -0.3 is 9.64 Å². The highest BCUT2D eigenvalue weighted by molar-refractivity contribution is 5.67. The Morgan fingerprint density at radius 1 is 1.06 bits per heavy atom. The highest BCUT2D eigenvalue weighted by Gasteiger charge is 2.51. The van der Waals surface area contributed by atoms with Crippen molar-refractivity contribution in [1.29, 1.82) is 0 Å². The fraction of sp³-hybridized carbons (Fsp3) is 0.520. The average molecular weight is 475 g/mol. The predicted octanol–water partition coefficient (Wildman–Crippen LogP) is 5.60. The van der Waals surface area contributed by atoms with E-state index in [0.717, 1.165) is 24.0 Å². The lowest BCUT2D eigenvalue weighted by molar-refractivity contribution is -0.138. The number of rotatable bonds is 3. The molecule has 4 heterocycles. The van der Waals surface area contributed by atoms with Gasteiger partial charge >= 0.3 is 6.18 Å². The number of hydrogen-bond acceptors (Lipinski definition) is 4. The minimum Gasteiger partial charge on any atom is -0.371 e. The number of ether oxygens (including phenoxy) is 1. The SMILES string of the molecule is CC1(C)OC2(CCN(c3ccn4c(CC5CC5)nnc4c3C(F)(F)F)CC2)c2ccc(F)cc21. The molecule has 6 rings (SSSR count). The Bertz CT molecular complexity index is 1270. The van der Waals surface area contributed by atoms with E-state index in [-0.39, 0.29) is 17.2 Å². The van der Waals surface area contributed by atoms with Crippen LogP contribution in [0.3, 0.4) is 0 Å². The van der Waals surface area contributed by atoms with E-state index in [1.54, 1.807) is 17.2 Å². The van der Waals surface area contributed by atoms with Gasteiger partial charge in [-0.2, -0.15) is 13.2 Å². The molecule has 180 valence electrons. The smallest absolute Gasteiger partial charge is 0.371 e. The van der Waals surface area contributed by atoms with Gasteiger partial charge in [-0.25, -0.2) is 4.39 Å². The first-order chi connectivity index (χ1) is 16.1. The first-order valence-electron chi connectivity index (χ1n) is 11.8. The van der Waals surface area contributed by atoms with Crippen LogP contribution >= 0.6 is 0 Å². The maximum absolute atomic E-state index is 14.3. The Kier molecular flexibility index (Phi) is 4.60. The van der Waals surface area contributed by atoms with Crippen LogP contribution in [0.5, 0.6) is 0 Å². The number of alkyl halides is 3. The van der Waals surface area contributed by atoms with E-state index in [1.165, 1.54) is 22.6 Å². The molecular weight excluding hydrogens is 448 g/mol. The Labute approximate surface area is 194 Å². The summed E-state index contributed by atoms with van der Waals surface area (Å²) in [6.07, 6.45) is 0.945. The van der Waals surface area contributed by atoms with Crippen LogP contribution in [0.2, 0.25) is 0 Å². The van der Waals surface area contributed by atoms with Crippen molar-refractivity contribution in [2.75, 3.05) is 18.0 Å². The highest BCUT2D eigenvalue weighted by Crippen LogP contribution is 2.53. The van der Waals surface area contributed by atoms with Gasteiger partial charge in [-0.3, -0.25) is 4.40 Å². The fourth-order valence-electron chi connectivity index (χ4n) is 5.74. The number of hydrogen-bond donors (Lipinski definition) is 0. The summed E-state index contributed by atoms with van der Waals surface area (Å²) >= 11 is 0. The summed E-state index contributed by atoms with van der Waals surface area (Å²) in [6, 6.07) is 6.24. The number of aromatic nitrogens is 3. The van der Waals surface area contributed by atoms with E-state index in [9.17, 15) is 17.6 Å². The Morgan fingerprint density at radius 2 is 1.79 bits per heavy atom. The van der Waals surface area contributed by atoms with E-state index in [4.69, 9.17) is 4.74 Å². The van der Waals surface area contributed by atoms with Crippen molar-refractivity contribution in [3.05, 3.63) is 58.8 Å². The predicted molar refractivity (Wildman–Crippen MR) is 118 cm³/mol. The van der Waals surface area contributed by atoms with Crippen LogP contribution in [0.1, 0.15) is 62.0 Å². The van der Waals surface area contributed by atoms with Crippen LogP contribution in [-0.2, 0) is 28.5 Å². The molecule has 1 aliphatic carbocycles. The van der Waals surface area contributed by atoms with Gasteiger partial charge in [-0.1, -0.05) is 6.07 Å². The fourth-order valence-corrected chi connectivity index (χ4v) is 5.74. The minimum absolute atomic E-state index is 0.122. The number of pyridine rings is 1. The molecule has 0 bridgehead atoms. The highest BCUT2D eigenvalue weighted by atomic mass is 19.4. The Balaban J connectivity index is 1.34. The Morgan fingerprint density at radius 3 is 2.47 bits per heavy atom. The molecule has 2 aliphatic heterocycles. The molecule has 1 spiro atoms. The third-order valence-electron chi connectivity index (χ3n) is 7.56. The molecule has 5 nitrogen and oxygen atoms in total. The summed E-state index contributed by atoms with van der Waals surface area (Å²) in [7, 11) is 0. The molecule has 0 radical (unpaired) electrons. The first kappa shape index (κ1) is 21.8. The monoisotopic (exact) mass is 474 g/mol. The lowest BCUT2D eigenvalue weighted by atomic mass is 9.82. The third kappa shape index (κ3) is 3.39. The molecule has 3 aromatic rings. The van der Waals surface area contributed by atoms with Crippen LogP contribution in [0.25, 0.3) is 5.65 Å². The molecule has 3 aliphatic rings. The number of fused-ring (bicyclic) bond motifs is 3. The molecule has 0 unspecified atom stereocenters. The second-order valence-electron chi connectivity index (χ2n) is 10.3. The summed E-state index contributed by atoms with van der Waals surface area (Å²) in [5, 5.41) is 8.04. The quantitative estimate of drug-likeness (QED) is 0.464. The summed E-state index contributed by atoms with van der Waals surface area (Å²) in [4.78, 5) is 1.77. The zero-order valence-corrected chi connectivity index (χ0v) is 19.1. The minimum atomic E-state index is -4.56. The van der Waals surface area contributed by atoms with E-state index < -0.39 is 22.9 Å². The van der Waals surface area contributed by atoms with Crippen LogP contribution in [0.4, 0.5) is 23.2 Å². The van der Waals surface area contributed by atoms with Crippen molar-refractivity contribution in [3.8, 4) is 0 Å². The normalized spacial score (nSPS) is 21.4. The largest absolute Gasteiger partial charge is 0.422 e. The molecule has 9 heteroatoms. The second kappa shape index (κ2) is 7.16. The molecule has 1 aromatic carbocycles.